The third-order valence-corrected chi connectivity index (χ3v) is 2.85. The fourth-order valence-electron chi connectivity index (χ4n) is 1.57. The molecule has 4 heteroatoms. The molecular weight excluding hydrogens is 198 g/mol. The molecule has 0 saturated heterocycles. The number of hydrogen-bond donors (Lipinski definition) is 2. The monoisotopic (exact) mass is 221 g/mol. The fraction of sp³-hybridized carbons (Fsp3) is 1.00. The van der Waals surface area contributed by atoms with Crippen molar-refractivity contribution in [2.45, 2.75) is 64.8 Å². The second kappa shape index (κ2) is 9.62. The normalized spacial score (nSPS) is 15.4. The Kier molecular flexibility index (Phi) is 9.67. The van der Waals surface area contributed by atoms with Gasteiger partial charge in [-0.25, -0.2) is 8.93 Å². The highest BCUT2D eigenvalue weighted by atomic mass is 32.2. The van der Waals surface area contributed by atoms with Gasteiger partial charge in [-0.15, -0.1) is 0 Å². The summed E-state index contributed by atoms with van der Waals surface area (Å²) in [5, 5.41) is 0. The quantitative estimate of drug-likeness (QED) is 0.464. The minimum atomic E-state index is -1.85. The zero-order valence-electron chi connectivity index (χ0n) is 9.29. The average molecular weight is 221 g/mol. The van der Waals surface area contributed by atoms with Crippen molar-refractivity contribution in [1.29, 1.82) is 0 Å². The fourth-order valence-corrected chi connectivity index (χ4v) is 2.09. The van der Waals surface area contributed by atoms with Gasteiger partial charge >= 0.3 is 0 Å². The molecule has 2 atom stereocenters. The Balaban J connectivity index is 3.56. The molecule has 0 heterocycles. The zero-order chi connectivity index (χ0) is 10.8. The van der Waals surface area contributed by atoms with Crippen LogP contribution in [-0.2, 0) is 11.3 Å². The number of rotatable bonds is 9. The molecule has 3 nitrogen and oxygen atoms in total. The summed E-state index contributed by atoms with van der Waals surface area (Å²) in [6, 6.07) is 0.211. The van der Waals surface area contributed by atoms with Crippen LogP contribution < -0.4 is 4.72 Å². The van der Waals surface area contributed by atoms with Crippen molar-refractivity contribution >= 4 is 11.3 Å². The van der Waals surface area contributed by atoms with E-state index in [4.69, 9.17) is 4.55 Å². The summed E-state index contributed by atoms with van der Waals surface area (Å²) < 4.78 is 22.0. The first-order valence-electron chi connectivity index (χ1n) is 5.57. The van der Waals surface area contributed by atoms with Crippen molar-refractivity contribution in [3.8, 4) is 0 Å². The molecule has 0 aromatic rings. The van der Waals surface area contributed by atoms with Crippen molar-refractivity contribution in [2.24, 2.45) is 0 Å². The van der Waals surface area contributed by atoms with Crippen LogP contribution in [0.4, 0.5) is 0 Å². The molecule has 0 aliphatic carbocycles. The van der Waals surface area contributed by atoms with Crippen molar-refractivity contribution < 1.29 is 8.76 Å². The van der Waals surface area contributed by atoms with Crippen LogP contribution in [0.5, 0.6) is 0 Å². The van der Waals surface area contributed by atoms with Crippen molar-refractivity contribution in [3.63, 3.8) is 0 Å². The lowest BCUT2D eigenvalue weighted by Crippen LogP contribution is -2.30. The van der Waals surface area contributed by atoms with E-state index in [2.05, 4.69) is 18.6 Å². The van der Waals surface area contributed by atoms with Crippen LogP contribution in [0.1, 0.15) is 58.8 Å². The molecule has 0 saturated carbocycles. The first-order valence-corrected chi connectivity index (χ1v) is 6.68. The summed E-state index contributed by atoms with van der Waals surface area (Å²) in [7, 11) is 0. The maximum absolute atomic E-state index is 10.6. The topological polar surface area (TPSA) is 49.3 Å². The summed E-state index contributed by atoms with van der Waals surface area (Å²) >= 11 is -1.85. The van der Waals surface area contributed by atoms with Crippen molar-refractivity contribution in [1.82, 2.24) is 4.72 Å². The third kappa shape index (κ3) is 8.66. The molecule has 0 aliphatic heterocycles. The summed E-state index contributed by atoms with van der Waals surface area (Å²) in [6.07, 6.45) is 7.94. The number of hydrogen-bond acceptors (Lipinski definition) is 1. The van der Waals surface area contributed by atoms with Gasteiger partial charge < -0.3 is 0 Å². The van der Waals surface area contributed by atoms with Crippen LogP contribution in [-0.4, -0.2) is 14.8 Å². The lowest BCUT2D eigenvalue weighted by molar-refractivity contribution is 0.464. The molecule has 14 heavy (non-hydrogen) atoms. The first-order chi connectivity index (χ1) is 6.70. The molecule has 86 valence electrons. The second-order valence-corrected chi connectivity index (χ2v) is 4.44. The van der Waals surface area contributed by atoms with Crippen LogP contribution in [0.15, 0.2) is 0 Å². The van der Waals surface area contributed by atoms with Gasteiger partial charge in [-0.05, 0) is 12.8 Å². The van der Waals surface area contributed by atoms with E-state index in [0.29, 0.717) is 0 Å². The molecule has 0 spiro atoms. The van der Waals surface area contributed by atoms with Crippen molar-refractivity contribution in [3.05, 3.63) is 0 Å². The smallest absolute Gasteiger partial charge is 0.231 e. The van der Waals surface area contributed by atoms with Crippen LogP contribution >= 0.6 is 0 Å². The summed E-state index contributed by atoms with van der Waals surface area (Å²) in [4.78, 5) is 0. The SMILES string of the molecule is CCCCCCC(CCC)NS(=O)O. The Hall–Kier alpha value is 0.0700. The molecule has 0 rings (SSSR count). The van der Waals surface area contributed by atoms with E-state index < -0.39 is 11.3 Å². The van der Waals surface area contributed by atoms with E-state index in [1.165, 1.54) is 19.3 Å². The third-order valence-electron chi connectivity index (χ3n) is 2.31. The minimum Gasteiger partial charge on any atom is -0.294 e. The van der Waals surface area contributed by atoms with Gasteiger partial charge in [-0.1, -0.05) is 46.0 Å². The zero-order valence-corrected chi connectivity index (χ0v) is 10.1. The summed E-state index contributed by atoms with van der Waals surface area (Å²) in [5.74, 6) is 0. The van der Waals surface area contributed by atoms with E-state index in [-0.39, 0.29) is 6.04 Å². The predicted molar refractivity (Wildman–Crippen MR) is 61.4 cm³/mol. The standard InChI is InChI=1S/C10H23NO2S/c1-3-5-6-7-9-10(8-4-2)11-14(12)13/h10-11H,3-9H2,1-2H3,(H,12,13). The van der Waals surface area contributed by atoms with Crippen LogP contribution in [0.25, 0.3) is 0 Å². The Bertz CT molecular complexity index is 153. The molecule has 0 amide bonds. The molecule has 0 radical (unpaired) electrons. The van der Waals surface area contributed by atoms with Crippen LogP contribution in [0.3, 0.4) is 0 Å². The Morgan fingerprint density at radius 2 is 1.86 bits per heavy atom. The highest BCUT2D eigenvalue weighted by Gasteiger charge is 2.08. The molecule has 0 aliphatic rings. The Labute approximate surface area is 90.1 Å². The molecule has 0 fully saturated rings. The van der Waals surface area contributed by atoms with Crippen molar-refractivity contribution in [2.75, 3.05) is 0 Å². The molecular formula is C10H23NO2S. The van der Waals surface area contributed by atoms with Gasteiger partial charge in [0.05, 0.1) is 0 Å². The molecule has 2 N–H and O–H groups in total. The predicted octanol–water partition coefficient (Wildman–Crippen LogP) is 2.85. The van der Waals surface area contributed by atoms with Gasteiger partial charge in [-0.2, -0.15) is 0 Å². The second-order valence-electron chi connectivity index (χ2n) is 3.70. The highest BCUT2D eigenvalue weighted by molar-refractivity contribution is 7.77. The van der Waals surface area contributed by atoms with E-state index >= 15 is 0 Å². The van der Waals surface area contributed by atoms with Gasteiger partial charge in [0.25, 0.3) is 0 Å². The van der Waals surface area contributed by atoms with Gasteiger partial charge in [0, 0.05) is 6.04 Å². The lowest BCUT2D eigenvalue weighted by Gasteiger charge is -2.14. The molecule has 0 aromatic heterocycles. The van der Waals surface area contributed by atoms with E-state index in [0.717, 1.165) is 25.7 Å². The average Bonchev–Trinajstić information content (AvgIpc) is 2.12. The molecule has 0 bridgehead atoms. The van der Waals surface area contributed by atoms with Gasteiger partial charge in [-0.3, -0.25) is 4.55 Å². The number of nitrogens with one attached hydrogen (secondary N) is 1. The largest absolute Gasteiger partial charge is 0.294 e. The number of unbranched alkanes of at least 4 members (excludes halogenated alkanes) is 3. The highest BCUT2D eigenvalue weighted by Crippen LogP contribution is 2.09. The van der Waals surface area contributed by atoms with Crippen LogP contribution in [0.2, 0.25) is 0 Å². The molecule has 0 aromatic carbocycles. The Morgan fingerprint density at radius 3 is 2.36 bits per heavy atom. The van der Waals surface area contributed by atoms with Gasteiger partial charge in [0.1, 0.15) is 0 Å². The van der Waals surface area contributed by atoms with E-state index in [9.17, 15) is 4.21 Å². The minimum absolute atomic E-state index is 0.211. The van der Waals surface area contributed by atoms with Gasteiger partial charge in [0.15, 0.2) is 0 Å². The Morgan fingerprint density at radius 1 is 1.14 bits per heavy atom. The summed E-state index contributed by atoms with van der Waals surface area (Å²) in [6.45, 7) is 4.28. The maximum atomic E-state index is 10.6. The lowest BCUT2D eigenvalue weighted by atomic mass is 10.0. The maximum Gasteiger partial charge on any atom is 0.231 e. The van der Waals surface area contributed by atoms with E-state index in [1.54, 1.807) is 0 Å². The van der Waals surface area contributed by atoms with E-state index in [1.807, 2.05) is 0 Å². The summed E-state index contributed by atoms with van der Waals surface area (Å²) in [5.41, 5.74) is 0. The van der Waals surface area contributed by atoms with Gasteiger partial charge in [0.2, 0.25) is 11.3 Å². The molecule has 2 unspecified atom stereocenters. The van der Waals surface area contributed by atoms with Crippen LogP contribution in [0, 0.1) is 0 Å². The first kappa shape index (κ1) is 14.1.